The predicted octanol–water partition coefficient (Wildman–Crippen LogP) is -0.488. The van der Waals surface area contributed by atoms with E-state index in [1.807, 2.05) is 0 Å². The molecule has 0 aliphatic carbocycles. The Bertz CT molecular complexity index is 278. The van der Waals surface area contributed by atoms with E-state index in [2.05, 4.69) is 0 Å². The van der Waals surface area contributed by atoms with Crippen LogP contribution >= 0.6 is 0 Å². The molecule has 5 nitrogen and oxygen atoms in total. The van der Waals surface area contributed by atoms with Crippen molar-refractivity contribution in [1.82, 2.24) is 9.80 Å². The Labute approximate surface area is 89.0 Å². The monoisotopic (exact) mass is 212 g/mol. The third-order valence-electron chi connectivity index (χ3n) is 2.49. The largest absolute Gasteiger partial charge is 0.340 e. The second-order valence-electron chi connectivity index (χ2n) is 3.95. The Kier molecular flexibility index (Phi) is 3.82. The molecule has 1 aliphatic heterocycles. The number of rotatable bonds is 3. The molecule has 0 aromatic heterocycles. The summed E-state index contributed by atoms with van der Waals surface area (Å²) in [5.41, 5.74) is 0. The van der Waals surface area contributed by atoms with E-state index in [-0.39, 0.29) is 24.3 Å². The van der Waals surface area contributed by atoms with Gasteiger partial charge in [0.25, 0.3) is 0 Å². The molecule has 1 saturated heterocycles. The molecule has 5 heteroatoms. The molecule has 0 saturated carbocycles. The number of carbonyl (C=O) groups is 3. The Morgan fingerprint density at radius 1 is 1.40 bits per heavy atom. The second kappa shape index (κ2) is 4.91. The van der Waals surface area contributed by atoms with Gasteiger partial charge in [0.15, 0.2) is 0 Å². The molecule has 0 bridgehead atoms. The third kappa shape index (κ3) is 3.04. The van der Waals surface area contributed by atoms with Gasteiger partial charge >= 0.3 is 0 Å². The van der Waals surface area contributed by atoms with Crippen LogP contribution in [0.15, 0.2) is 0 Å². The van der Waals surface area contributed by atoms with Crippen molar-refractivity contribution in [2.45, 2.75) is 13.3 Å². The van der Waals surface area contributed by atoms with Crippen LogP contribution in [-0.4, -0.2) is 54.6 Å². The molecule has 0 radical (unpaired) electrons. The fourth-order valence-corrected chi connectivity index (χ4v) is 1.52. The number of aldehydes is 1. The summed E-state index contributed by atoms with van der Waals surface area (Å²) in [6, 6.07) is 0. The number of hydrogen-bond acceptors (Lipinski definition) is 3. The van der Waals surface area contributed by atoms with Crippen LogP contribution in [0.5, 0.6) is 0 Å². The van der Waals surface area contributed by atoms with E-state index in [0.29, 0.717) is 19.5 Å². The first kappa shape index (κ1) is 11.7. The van der Waals surface area contributed by atoms with E-state index in [1.54, 1.807) is 18.9 Å². The molecule has 1 fully saturated rings. The maximum absolute atomic E-state index is 11.6. The van der Waals surface area contributed by atoms with Gasteiger partial charge in [-0.15, -0.1) is 0 Å². The van der Waals surface area contributed by atoms with E-state index >= 15 is 0 Å². The summed E-state index contributed by atoms with van der Waals surface area (Å²) in [6.07, 6.45) is 1.16. The van der Waals surface area contributed by atoms with Gasteiger partial charge in [0.2, 0.25) is 11.8 Å². The zero-order valence-electron chi connectivity index (χ0n) is 9.10. The zero-order valence-corrected chi connectivity index (χ0v) is 9.10. The standard InChI is InChI=1S/C10H16N2O3/c1-8(7-13)5-12-4-3-9(14)11(2)6-10(12)15/h7-8H,3-6H2,1-2H3. The van der Waals surface area contributed by atoms with E-state index in [4.69, 9.17) is 0 Å². The van der Waals surface area contributed by atoms with Crippen LogP contribution in [0, 0.1) is 5.92 Å². The Morgan fingerprint density at radius 2 is 2.07 bits per heavy atom. The molecule has 0 N–H and O–H groups in total. The van der Waals surface area contributed by atoms with Crippen LogP contribution in [0.1, 0.15) is 13.3 Å². The molecule has 1 aliphatic rings. The average Bonchev–Trinajstić information content (AvgIpc) is 2.32. The van der Waals surface area contributed by atoms with Crippen molar-refractivity contribution in [2.24, 2.45) is 5.92 Å². The van der Waals surface area contributed by atoms with Gasteiger partial charge in [-0.1, -0.05) is 6.92 Å². The minimum absolute atomic E-state index is 0.0235. The van der Waals surface area contributed by atoms with Crippen LogP contribution in [0.2, 0.25) is 0 Å². The average molecular weight is 212 g/mol. The van der Waals surface area contributed by atoms with E-state index < -0.39 is 0 Å². The summed E-state index contributed by atoms with van der Waals surface area (Å²) in [7, 11) is 1.62. The van der Waals surface area contributed by atoms with Crippen molar-refractivity contribution in [1.29, 1.82) is 0 Å². The molecule has 0 aromatic carbocycles. The van der Waals surface area contributed by atoms with Gasteiger partial charge in [0, 0.05) is 32.5 Å². The minimum atomic E-state index is -0.174. The lowest BCUT2D eigenvalue weighted by Crippen LogP contribution is -2.38. The Balaban J connectivity index is 2.62. The van der Waals surface area contributed by atoms with Crippen LogP contribution in [0.25, 0.3) is 0 Å². The van der Waals surface area contributed by atoms with Crippen molar-refractivity contribution in [3.8, 4) is 0 Å². The summed E-state index contributed by atoms with van der Waals surface area (Å²) in [4.78, 5) is 36.5. The van der Waals surface area contributed by atoms with Gasteiger partial charge in [-0.25, -0.2) is 0 Å². The van der Waals surface area contributed by atoms with Gasteiger partial charge in [-0.2, -0.15) is 0 Å². The highest BCUT2D eigenvalue weighted by atomic mass is 16.2. The zero-order chi connectivity index (χ0) is 11.4. The molecular formula is C10H16N2O3. The van der Waals surface area contributed by atoms with Crippen molar-refractivity contribution in [3.05, 3.63) is 0 Å². The highest BCUT2D eigenvalue weighted by Crippen LogP contribution is 2.06. The van der Waals surface area contributed by atoms with E-state index in [0.717, 1.165) is 6.29 Å². The van der Waals surface area contributed by atoms with Crippen molar-refractivity contribution >= 4 is 18.1 Å². The molecule has 15 heavy (non-hydrogen) atoms. The van der Waals surface area contributed by atoms with Gasteiger partial charge < -0.3 is 14.6 Å². The highest BCUT2D eigenvalue weighted by molar-refractivity contribution is 5.87. The predicted molar refractivity (Wildman–Crippen MR) is 54.1 cm³/mol. The van der Waals surface area contributed by atoms with Crippen molar-refractivity contribution in [3.63, 3.8) is 0 Å². The van der Waals surface area contributed by atoms with Gasteiger partial charge in [0.05, 0.1) is 6.54 Å². The first-order valence-electron chi connectivity index (χ1n) is 5.01. The number of hydrogen-bond donors (Lipinski definition) is 0. The molecule has 0 aromatic rings. The summed E-state index contributed by atoms with van der Waals surface area (Å²) in [5, 5.41) is 0. The second-order valence-corrected chi connectivity index (χ2v) is 3.95. The lowest BCUT2D eigenvalue weighted by Gasteiger charge is -2.21. The molecule has 0 spiro atoms. The maximum atomic E-state index is 11.6. The topological polar surface area (TPSA) is 57.7 Å². The van der Waals surface area contributed by atoms with E-state index in [9.17, 15) is 14.4 Å². The SMILES string of the molecule is CC(C=O)CN1CCC(=O)N(C)CC1=O. The molecule has 1 atom stereocenters. The summed E-state index contributed by atoms with van der Waals surface area (Å²) < 4.78 is 0. The summed E-state index contributed by atoms with van der Waals surface area (Å²) >= 11 is 0. The number of carbonyl (C=O) groups excluding carboxylic acids is 3. The van der Waals surface area contributed by atoms with Gasteiger partial charge in [-0.05, 0) is 0 Å². The van der Waals surface area contributed by atoms with Crippen molar-refractivity contribution in [2.75, 3.05) is 26.7 Å². The van der Waals surface area contributed by atoms with Crippen LogP contribution in [-0.2, 0) is 14.4 Å². The molecule has 1 unspecified atom stereocenters. The van der Waals surface area contributed by atoms with Crippen LogP contribution < -0.4 is 0 Å². The Morgan fingerprint density at radius 3 is 2.67 bits per heavy atom. The maximum Gasteiger partial charge on any atom is 0.242 e. The quantitative estimate of drug-likeness (QED) is 0.593. The smallest absolute Gasteiger partial charge is 0.242 e. The molecule has 1 heterocycles. The number of amides is 2. The first-order chi connectivity index (χ1) is 7.04. The lowest BCUT2D eigenvalue weighted by molar-refractivity contribution is -0.135. The normalized spacial score (nSPS) is 20.1. The Hall–Kier alpha value is -1.39. The highest BCUT2D eigenvalue weighted by Gasteiger charge is 2.24. The van der Waals surface area contributed by atoms with Gasteiger partial charge in [0.1, 0.15) is 6.29 Å². The first-order valence-corrected chi connectivity index (χ1v) is 5.01. The fraction of sp³-hybridized carbons (Fsp3) is 0.700. The number of likely N-dealkylation sites (N-methyl/N-ethyl adjacent to an activating group) is 1. The van der Waals surface area contributed by atoms with Crippen LogP contribution in [0.3, 0.4) is 0 Å². The molecule has 2 amide bonds. The molecular weight excluding hydrogens is 196 g/mol. The minimum Gasteiger partial charge on any atom is -0.340 e. The summed E-state index contributed by atoms with van der Waals surface area (Å²) in [6.45, 7) is 2.70. The summed E-state index contributed by atoms with van der Waals surface area (Å²) in [5.74, 6) is -0.283. The third-order valence-corrected chi connectivity index (χ3v) is 2.49. The van der Waals surface area contributed by atoms with Gasteiger partial charge in [-0.3, -0.25) is 9.59 Å². The lowest BCUT2D eigenvalue weighted by atomic mass is 10.2. The van der Waals surface area contributed by atoms with Crippen molar-refractivity contribution < 1.29 is 14.4 Å². The van der Waals surface area contributed by atoms with E-state index in [1.165, 1.54) is 4.90 Å². The van der Waals surface area contributed by atoms with Crippen LogP contribution in [0.4, 0.5) is 0 Å². The molecule has 84 valence electrons. The fourth-order valence-electron chi connectivity index (χ4n) is 1.52. The molecule has 1 rings (SSSR count). The number of nitrogens with zero attached hydrogens (tertiary/aromatic N) is 2.